The summed E-state index contributed by atoms with van der Waals surface area (Å²) in [6.07, 6.45) is 1.06. The van der Waals surface area contributed by atoms with E-state index in [4.69, 9.17) is 14.2 Å². The van der Waals surface area contributed by atoms with Crippen LogP contribution in [0.4, 0.5) is 4.79 Å². The maximum Gasteiger partial charge on any atom is 0.415 e. The molecule has 0 aliphatic carbocycles. The van der Waals surface area contributed by atoms with Gasteiger partial charge in [0.2, 0.25) is 5.79 Å². The molecule has 0 aromatic heterocycles. The number of rotatable bonds is 3. The summed E-state index contributed by atoms with van der Waals surface area (Å²) >= 11 is 0. The summed E-state index contributed by atoms with van der Waals surface area (Å²) < 4.78 is 15.7. The van der Waals surface area contributed by atoms with Crippen molar-refractivity contribution in [3.63, 3.8) is 0 Å². The monoisotopic (exact) mass is 229 g/mol. The Labute approximate surface area is 96.0 Å². The number of carbonyl (C=O) groups is 1. The van der Waals surface area contributed by atoms with Crippen LogP contribution in [0.2, 0.25) is 0 Å². The molecule has 92 valence electrons. The lowest BCUT2D eigenvalue weighted by Crippen LogP contribution is -2.35. The normalized spacial score (nSPS) is 18.4. The van der Waals surface area contributed by atoms with Crippen LogP contribution in [0, 0.1) is 0 Å². The average molecular weight is 229 g/mol. The molecule has 0 saturated heterocycles. The van der Waals surface area contributed by atoms with Crippen LogP contribution in [0.25, 0.3) is 0 Å². The van der Waals surface area contributed by atoms with Crippen molar-refractivity contribution in [2.45, 2.75) is 33.5 Å². The molecule has 5 nitrogen and oxygen atoms in total. The lowest BCUT2D eigenvalue weighted by molar-refractivity contribution is -0.197. The molecule has 1 heterocycles. The first kappa shape index (κ1) is 12.8. The summed E-state index contributed by atoms with van der Waals surface area (Å²) in [6, 6.07) is 0. The maximum absolute atomic E-state index is 11.6. The zero-order valence-electron chi connectivity index (χ0n) is 10.3. The first-order valence-corrected chi connectivity index (χ1v) is 5.46. The molecule has 1 aliphatic rings. The molecule has 0 aromatic rings. The molecule has 0 atom stereocenters. The molecular formula is C11H19NO4. The van der Waals surface area contributed by atoms with Crippen molar-refractivity contribution >= 4 is 6.09 Å². The van der Waals surface area contributed by atoms with E-state index >= 15 is 0 Å². The lowest BCUT2D eigenvalue weighted by Gasteiger charge is -2.29. The summed E-state index contributed by atoms with van der Waals surface area (Å²) in [5, 5.41) is 0. The summed E-state index contributed by atoms with van der Waals surface area (Å²) in [5.74, 6) is -0.248. The van der Waals surface area contributed by atoms with Gasteiger partial charge in [-0.2, -0.15) is 0 Å². The van der Waals surface area contributed by atoms with Gasteiger partial charge in [-0.25, -0.2) is 4.79 Å². The molecule has 1 rings (SSSR count). The number of ether oxygens (including phenoxy) is 3. The first-order chi connectivity index (χ1) is 7.48. The highest BCUT2D eigenvalue weighted by Crippen LogP contribution is 2.20. The van der Waals surface area contributed by atoms with Gasteiger partial charge in [0, 0.05) is 26.9 Å². The van der Waals surface area contributed by atoms with Crippen LogP contribution in [0.15, 0.2) is 12.0 Å². The highest BCUT2D eigenvalue weighted by atomic mass is 16.7. The molecule has 0 unspecified atom stereocenters. The fourth-order valence-corrected chi connectivity index (χ4v) is 1.23. The standard InChI is InChI=1S/C11H19NO4/c1-5-12(6-2)10(13)16-9-7-14-11(3,4)15-8-9/h7H,5-6,8H2,1-4H3. The van der Waals surface area contributed by atoms with Crippen molar-refractivity contribution < 1.29 is 19.0 Å². The van der Waals surface area contributed by atoms with Crippen molar-refractivity contribution in [1.29, 1.82) is 0 Å². The second-order valence-corrected chi connectivity index (χ2v) is 3.93. The molecule has 1 amide bonds. The minimum atomic E-state index is -0.648. The van der Waals surface area contributed by atoms with Crippen molar-refractivity contribution in [2.75, 3.05) is 19.7 Å². The van der Waals surface area contributed by atoms with Crippen LogP contribution >= 0.6 is 0 Å². The van der Waals surface area contributed by atoms with Crippen LogP contribution in [-0.2, 0) is 14.2 Å². The fraction of sp³-hybridized carbons (Fsp3) is 0.727. The minimum absolute atomic E-state index is 0.250. The Kier molecular flexibility index (Phi) is 4.18. The van der Waals surface area contributed by atoms with E-state index in [2.05, 4.69) is 0 Å². The van der Waals surface area contributed by atoms with Crippen LogP contribution < -0.4 is 0 Å². The van der Waals surface area contributed by atoms with E-state index in [1.54, 1.807) is 18.7 Å². The molecule has 0 bridgehead atoms. The zero-order valence-corrected chi connectivity index (χ0v) is 10.3. The number of nitrogens with zero attached hydrogens (tertiary/aromatic N) is 1. The van der Waals surface area contributed by atoms with Gasteiger partial charge in [0.25, 0.3) is 0 Å². The van der Waals surface area contributed by atoms with Crippen LogP contribution in [0.1, 0.15) is 27.7 Å². The van der Waals surface area contributed by atoms with Gasteiger partial charge in [0.1, 0.15) is 12.9 Å². The highest BCUT2D eigenvalue weighted by Gasteiger charge is 2.26. The van der Waals surface area contributed by atoms with Crippen molar-refractivity contribution in [3.05, 3.63) is 12.0 Å². The number of hydrogen-bond donors (Lipinski definition) is 0. The zero-order chi connectivity index (χ0) is 12.2. The Hall–Kier alpha value is -1.23. The fourth-order valence-electron chi connectivity index (χ4n) is 1.23. The number of hydrogen-bond acceptors (Lipinski definition) is 4. The van der Waals surface area contributed by atoms with Gasteiger partial charge in [-0.1, -0.05) is 0 Å². The Morgan fingerprint density at radius 2 is 2.12 bits per heavy atom. The van der Waals surface area contributed by atoms with E-state index in [0.29, 0.717) is 18.8 Å². The predicted octanol–water partition coefficient (Wildman–Crippen LogP) is 2.09. The predicted molar refractivity (Wildman–Crippen MR) is 58.6 cm³/mol. The molecular weight excluding hydrogens is 210 g/mol. The van der Waals surface area contributed by atoms with Crippen molar-refractivity contribution in [2.24, 2.45) is 0 Å². The third-order valence-corrected chi connectivity index (χ3v) is 2.28. The molecule has 0 spiro atoms. The molecule has 0 saturated carbocycles. The third-order valence-electron chi connectivity index (χ3n) is 2.28. The lowest BCUT2D eigenvalue weighted by atomic mass is 10.3. The summed E-state index contributed by atoms with van der Waals surface area (Å²) in [7, 11) is 0. The van der Waals surface area contributed by atoms with Crippen LogP contribution in [0.5, 0.6) is 0 Å². The topological polar surface area (TPSA) is 48.0 Å². The van der Waals surface area contributed by atoms with E-state index in [-0.39, 0.29) is 12.7 Å². The van der Waals surface area contributed by atoms with E-state index in [1.807, 2.05) is 13.8 Å². The third kappa shape index (κ3) is 3.41. The van der Waals surface area contributed by atoms with Crippen LogP contribution in [0.3, 0.4) is 0 Å². The van der Waals surface area contributed by atoms with E-state index in [1.165, 1.54) is 6.26 Å². The maximum atomic E-state index is 11.6. The quantitative estimate of drug-likeness (QED) is 0.743. The largest absolute Gasteiger partial charge is 0.467 e. The summed E-state index contributed by atoms with van der Waals surface area (Å²) in [6.45, 7) is 8.89. The van der Waals surface area contributed by atoms with E-state index in [0.717, 1.165) is 0 Å². The van der Waals surface area contributed by atoms with E-state index in [9.17, 15) is 4.79 Å². The second-order valence-electron chi connectivity index (χ2n) is 3.93. The molecule has 5 heteroatoms. The van der Waals surface area contributed by atoms with Gasteiger partial charge in [0.15, 0.2) is 5.76 Å². The summed E-state index contributed by atoms with van der Waals surface area (Å²) in [4.78, 5) is 13.2. The second kappa shape index (κ2) is 5.21. The molecule has 16 heavy (non-hydrogen) atoms. The molecule has 1 aliphatic heterocycles. The Morgan fingerprint density at radius 1 is 1.50 bits per heavy atom. The Balaban J connectivity index is 2.50. The van der Waals surface area contributed by atoms with Crippen LogP contribution in [-0.4, -0.2) is 36.5 Å². The highest BCUT2D eigenvalue weighted by molar-refractivity contribution is 5.68. The van der Waals surface area contributed by atoms with Gasteiger partial charge < -0.3 is 19.1 Å². The number of amides is 1. The van der Waals surface area contributed by atoms with Gasteiger partial charge in [-0.3, -0.25) is 0 Å². The first-order valence-electron chi connectivity index (χ1n) is 5.46. The van der Waals surface area contributed by atoms with Gasteiger partial charge in [-0.15, -0.1) is 0 Å². The Morgan fingerprint density at radius 3 is 2.56 bits per heavy atom. The van der Waals surface area contributed by atoms with Gasteiger partial charge in [0.05, 0.1) is 0 Å². The van der Waals surface area contributed by atoms with Crippen molar-refractivity contribution in [3.8, 4) is 0 Å². The minimum Gasteiger partial charge on any atom is -0.467 e. The van der Waals surface area contributed by atoms with Gasteiger partial charge >= 0.3 is 6.09 Å². The number of carbonyl (C=O) groups excluding carboxylic acids is 1. The summed E-state index contributed by atoms with van der Waals surface area (Å²) in [5.41, 5.74) is 0. The Bertz CT molecular complexity index is 282. The average Bonchev–Trinajstić information content (AvgIpc) is 2.23. The SMILES string of the molecule is CCN(CC)C(=O)OC1=COC(C)(C)OC1. The molecule has 0 N–H and O–H groups in total. The van der Waals surface area contributed by atoms with E-state index < -0.39 is 5.79 Å². The van der Waals surface area contributed by atoms with Gasteiger partial charge in [-0.05, 0) is 13.8 Å². The molecule has 0 fully saturated rings. The molecule has 0 radical (unpaired) electrons. The van der Waals surface area contributed by atoms with Crippen molar-refractivity contribution in [1.82, 2.24) is 4.90 Å². The molecule has 0 aromatic carbocycles. The smallest absolute Gasteiger partial charge is 0.415 e.